The van der Waals surface area contributed by atoms with E-state index < -0.39 is 11.6 Å². The Bertz CT molecular complexity index is 634. The molecule has 5 heteroatoms. The molecule has 0 aromatic heterocycles. The van der Waals surface area contributed by atoms with E-state index in [2.05, 4.69) is 5.32 Å². The zero-order chi connectivity index (χ0) is 15.4. The summed E-state index contributed by atoms with van der Waals surface area (Å²) in [6.07, 6.45) is 0. The van der Waals surface area contributed by atoms with Gasteiger partial charge in [0.25, 0.3) is 0 Å². The van der Waals surface area contributed by atoms with Gasteiger partial charge in [0.2, 0.25) is 5.82 Å². The van der Waals surface area contributed by atoms with Gasteiger partial charge in [-0.2, -0.15) is 4.39 Å². The fourth-order valence-electron chi connectivity index (χ4n) is 2.03. The van der Waals surface area contributed by atoms with Crippen LogP contribution in [0.5, 0.6) is 11.5 Å². The van der Waals surface area contributed by atoms with Gasteiger partial charge in [0.15, 0.2) is 11.6 Å². The minimum absolute atomic E-state index is 0.0995. The van der Waals surface area contributed by atoms with Crippen LogP contribution in [-0.4, -0.2) is 6.54 Å². The largest absolute Gasteiger partial charge is 0.454 e. The highest BCUT2D eigenvalue weighted by Gasteiger charge is 2.12. The van der Waals surface area contributed by atoms with Crippen LogP contribution in [0.25, 0.3) is 0 Å². The van der Waals surface area contributed by atoms with Gasteiger partial charge in [0.1, 0.15) is 5.75 Å². The summed E-state index contributed by atoms with van der Waals surface area (Å²) in [7, 11) is 0. The van der Waals surface area contributed by atoms with E-state index in [1.807, 2.05) is 19.9 Å². The minimum atomic E-state index is -1.02. The number of nitrogens with one attached hydrogen (secondary N) is 1. The Kier molecular flexibility index (Phi) is 5.15. The molecule has 1 N–H and O–H groups in total. The second-order valence-corrected chi connectivity index (χ2v) is 5.02. The molecule has 0 amide bonds. The smallest absolute Gasteiger partial charge is 0.201 e. The molecule has 2 nitrogen and oxygen atoms in total. The highest BCUT2D eigenvalue weighted by Crippen LogP contribution is 2.31. The van der Waals surface area contributed by atoms with Crippen LogP contribution >= 0.6 is 11.6 Å². The summed E-state index contributed by atoms with van der Waals surface area (Å²) in [5, 5.41) is 3.77. The van der Waals surface area contributed by atoms with Crippen LogP contribution in [-0.2, 0) is 0 Å². The fourth-order valence-corrected chi connectivity index (χ4v) is 2.36. The first-order valence-corrected chi connectivity index (χ1v) is 7.05. The lowest BCUT2D eigenvalue weighted by molar-refractivity contribution is 0.416. The summed E-state index contributed by atoms with van der Waals surface area (Å²) in [5.41, 5.74) is 0.922. The van der Waals surface area contributed by atoms with Crippen molar-refractivity contribution in [3.05, 3.63) is 58.6 Å². The number of hydrogen-bond acceptors (Lipinski definition) is 2. The van der Waals surface area contributed by atoms with Crippen molar-refractivity contribution in [2.75, 3.05) is 6.54 Å². The maximum Gasteiger partial charge on any atom is 0.201 e. The third-order valence-corrected chi connectivity index (χ3v) is 3.42. The molecular weight excluding hydrogens is 296 g/mol. The van der Waals surface area contributed by atoms with Crippen LogP contribution in [0.15, 0.2) is 36.4 Å². The summed E-state index contributed by atoms with van der Waals surface area (Å²) in [5.74, 6) is -1.77. The van der Waals surface area contributed by atoms with E-state index in [4.69, 9.17) is 16.3 Å². The third-order valence-electron chi connectivity index (χ3n) is 3.09. The molecule has 0 saturated heterocycles. The maximum atomic E-state index is 13.6. The lowest BCUT2D eigenvalue weighted by Crippen LogP contribution is -2.17. The van der Waals surface area contributed by atoms with Crippen molar-refractivity contribution in [1.82, 2.24) is 5.32 Å². The zero-order valence-electron chi connectivity index (χ0n) is 11.8. The molecule has 21 heavy (non-hydrogen) atoms. The van der Waals surface area contributed by atoms with Crippen LogP contribution in [0, 0.1) is 11.6 Å². The van der Waals surface area contributed by atoms with Crippen molar-refractivity contribution < 1.29 is 13.5 Å². The molecular formula is C16H16ClF2NO. The number of rotatable bonds is 5. The van der Waals surface area contributed by atoms with Crippen LogP contribution in [0.3, 0.4) is 0 Å². The van der Waals surface area contributed by atoms with Gasteiger partial charge in [-0.3, -0.25) is 0 Å². The van der Waals surface area contributed by atoms with E-state index in [1.54, 1.807) is 12.1 Å². The standard InChI is InChI=1S/C16H16ClF2NO/c1-3-20-10(2)12-8-7-11(9-13(12)17)21-15-6-4-5-14(18)16(15)19/h4-10,20H,3H2,1-2H3. The van der Waals surface area contributed by atoms with E-state index in [0.717, 1.165) is 18.2 Å². The lowest BCUT2D eigenvalue weighted by Gasteiger charge is -2.15. The highest BCUT2D eigenvalue weighted by atomic mass is 35.5. The average molecular weight is 312 g/mol. The van der Waals surface area contributed by atoms with Gasteiger partial charge in [0.05, 0.1) is 0 Å². The molecule has 0 aliphatic carbocycles. The second kappa shape index (κ2) is 6.87. The van der Waals surface area contributed by atoms with E-state index in [9.17, 15) is 8.78 Å². The van der Waals surface area contributed by atoms with Gasteiger partial charge in [-0.05, 0) is 43.3 Å². The zero-order valence-corrected chi connectivity index (χ0v) is 12.5. The Morgan fingerprint density at radius 2 is 2.00 bits per heavy atom. The molecule has 2 aromatic carbocycles. The van der Waals surface area contributed by atoms with Crippen LogP contribution < -0.4 is 10.1 Å². The van der Waals surface area contributed by atoms with Gasteiger partial charge in [-0.25, -0.2) is 4.39 Å². The molecule has 0 radical (unpaired) electrons. The summed E-state index contributed by atoms with van der Waals surface area (Å²) >= 11 is 6.21. The Hall–Kier alpha value is -1.65. The highest BCUT2D eigenvalue weighted by molar-refractivity contribution is 6.31. The number of benzene rings is 2. The monoisotopic (exact) mass is 311 g/mol. The molecule has 0 aliphatic rings. The molecule has 1 unspecified atom stereocenters. The van der Waals surface area contributed by atoms with Crippen molar-refractivity contribution in [2.24, 2.45) is 0 Å². The second-order valence-electron chi connectivity index (χ2n) is 4.62. The number of halogens is 3. The molecule has 0 fully saturated rings. The molecule has 2 aromatic rings. The maximum absolute atomic E-state index is 13.6. The van der Waals surface area contributed by atoms with E-state index >= 15 is 0 Å². The summed E-state index contributed by atoms with van der Waals surface area (Å²) in [4.78, 5) is 0. The van der Waals surface area contributed by atoms with Crippen LogP contribution in [0.1, 0.15) is 25.5 Å². The first-order chi connectivity index (χ1) is 10.0. The predicted molar refractivity (Wildman–Crippen MR) is 80.0 cm³/mol. The Labute approximate surface area is 127 Å². The lowest BCUT2D eigenvalue weighted by atomic mass is 10.1. The summed E-state index contributed by atoms with van der Waals surface area (Å²) in [6, 6.07) is 8.97. The molecule has 0 saturated carbocycles. The first-order valence-electron chi connectivity index (χ1n) is 6.67. The van der Waals surface area contributed by atoms with Gasteiger partial charge in [-0.15, -0.1) is 0 Å². The Morgan fingerprint density at radius 1 is 1.24 bits per heavy atom. The molecule has 1 atom stereocenters. The molecule has 0 aliphatic heterocycles. The Balaban J connectivity index is 2.22. The van der Waals surface area contributed by atoms with Crippen LogP contribution in [0.4, 0.5) is 8.78 Å². The van der Waals surface area contributed by atoms with E-state index in [0.29, 0.717) is 10.8 Å². The van der Waals surface area contributed by atoms with Crippen molar-refractivity contribution in [3.63, 3.8) is 0 Å². The molecule has 0 heterocycles. The minimum Gasteiger partial charge on any atom is -0.454 e. The van der Waals surface area contributed by atoms with Crippen molar-refractivity contribution in [2.45, 2.75) is 19.9 Å². The molecule has 0 bridgehead atoms. The number of ether oxygens (including phenoxy) is 1. The quantitative estimate of drug-likeness (QED) is 0.831. The molecule has 112 valence electrons. The topological polar surface area (TPSA) is 21.3 Å². The van der Waals surface area contributed by atoms with Crippen molar-refractivity contribution in [1.29, 1.82) is 0 Å². The summed E-state index contributed by atoms with van der Waals surface area (Å²) < 4.78 is 32.0. The predicted octanol–water partition coefficient (Wildman–Crippen LogP) is 5.08. The van der Waals surface area contributed by atoms with Crippen molar-refractivity contribution >= 4 is 11.6 Å². The molecule has 0 spiro atoms. The number of hydrogen-bond donors (Lipinski definition) is 1. The van der Waals surface area contributed by atoms with Gasteiger partial charge >= 0.3 is 0 Å². The fraction of sp³-hybridized carbons (Fsp3) is 0.250. The first kappa shape index (κ1) is 15.7. The Morgan fingerprint density at radius 3 is 2.67 bits per heavy atom. The SMILES string of the molecule is CCNC(C)c1ccc(Oc2cccc(F)c2F)cc1Cl. The van der Waals surface area contributed by atoms with Gasteiger partial charge in [0, 0.05) is 11.1 Å². The molecule has 2 rings (SSSR count). The average Bonchev–Trinajstić information content (AvgIpc) is 2.44. The summed E-state index contributed by atoms with van der Waals surface area (Å²) in [6.45, 7) is 4.83. The van der Waals surface area contributed by atoms with E-state index in [-0.39, 0.29) is 11.8 Å². The van der Waals surface area contributed by atoms with Gasteiger partial charge < -0.3 is 10.1 Å². The van der Waals surface area contributed by atoms with Gasteiger partial charge in [-0.1, -0.05) is 30.7 Å². The van der Waals surface area contributed by atoms with Crippen LogP contribution in [0.2, 0.25) is 5.02 Å². The third kappa shape index (κ3) is 3.71. The normalized spacial score (nSPS) is 12.2. The van der Waals surface area contributed by atoms with E-state index in [1.165, 1.54) is 12.1 Å². The van der Waals surface area contributed by atoms with Crippen molar-refractivity contribution in [3.8, 4) is 11.5 Å².